The zero-order valence-electron chi connectivity index (χ0n) is 9.31. The molecule has 1 aromatic rings. The van der Waals surface area contributed by atoms with Crippen molar-refractivity contribution in [2.45, 2.75) is 5.33 Å². The number of aromatic hydroxyl groups is 1. The standard InChI is InChI=1S/C14H9BrO3/c15-7-12-10-3-1-8(16)5-13(10)18-14-6-9(17)2-4-11(12)14/h1-6,16H,7H2. The Bertz CT molecular complexity index is 761. The van der Waals surface area contributed by atoms with Crippen molar-refractivity contribution in [3.63, 3.8) is 0 Å². The van der Waals surface area contributed by atoms with Gasteiger partial charge in [-0.15, -0.1) is 0 Å². The predicted octanol–water partition coefficient (Wildman–Crippen LogP) is 3.50. The quantitative estimate of drug-likeness (QED) is 0.553. The number of fused-ring (bicyclic) bond motifs is 2. The van der Waals surface area contributed by atoms with Crippen molar-refractivity contribution >= 4 is 26.9 Å². The third-order valence-corrected chi connectivity index (χ3v) is 3.48. The van der Waals surface area contributed by atoms with Gasteiger partial charge in [-0.2, -0.15) is 0 Å². The largest absolute Gasteiger partial charge is 0.508 e. The minimum atomic E-state index is -0.0914. The summed E-state index contributed by atoms with van der Waals surface area (Å²) in [6.45, 7) is 0. The second-order valence-corrected chi connectivity index (χ2v) is 4.61. The second-order valence-electron chi connectivity index (χ2n) is 4.05. The van der Waals surface area contributed by atoms with Gasteiger partial charge in [0.2, 0.25) is 0 Å². The molecule has 2 aliphatic rings. The zero-order valence-corrected chi connectivity index (χ0v) is 10.9. The van der Waals surface area contributed by atoms with Gasteiger partial charge in [-0.05, 0) is 29.8 Å². The Morgan fingerprint density at radius 3 is 2.78 bits per heavy atom. The number of hydrogen-bond donors (Lipinski definition) is 1. The average Bonchev–Trinajstić information content (AvgIpc) is 2.35. The maximum absolute atomic E-state index is 11.4. The van der Waals surface area contributed by atoms with Gasteiger partial charge in [0.25, 0.3) is 0 Å². The summed E-state index contributed by atoms with van der Waals surface area (Å²) < 4.78 is 5.67. The van der Waals surface area contributed by atoms with Gasteiger partial charge < -0.3 is 9.52 Å². The fourth-order valence-corrected chi connectivity index (χ4v) is 2.69. The molecule has 1 aliphatic heterocycles. The number of phenols is 1. The molecule has 0 saturated heterocycles. The number of alkyl halides is 1. The summed E-state index contributed by atoms with van der Waals surface area (Å²) >= 11 is 3.45. The topological polar surface area (TPSA) is 50.4 Å². The molecule has 0 atom stereocenters. The van der Waals surface area contributed by atoms with E-state index in [1.165, 1.54) is 12.1 Å². The van der Waals surface area contributed by atoms with E-state index in [-0.39, 0.29) is 11.2 Å². The summed E-state index contributed by atoms with van der Waals surface area (Å²) in [5.74, 6) is 0.680. The van der Waals surface area contributed by atoms with Gasteiger partial charge in [0, 0.05) is 28.4 Å². The van der Waals surface area contributed by atoms with E-state index in [0.29, 0.717) is 16.7 Å². The van der Waals surface area contributed by atoms with Crippen molar-refractivity contribution in [1.82, 2.24) is 0 Å². The number of halogens is 1. The van der Waals surface area contributed by atoms with Gasteiger partial charge in [-0.3, -0.25) is 4.79 Å². The minimum absolute atomic E-state index is 0.0914. The monoisotopic (exact) mass is 304 g/mol. The van der Waals surface area contributed by atoms with Gasteiger partial charge in [-0.1, -0.05) is 15.9 Å². The first-order valence-electron chi connectivity index (χ1n) is 5.43. The fourth-order valence-electron chi connectivity index (χ4n) is 2.09. The van der Waals surface area contributed by atoms with E-state index in [9.17, 15) is 9.90 Å². The summed E-state index contributed by atoms with van der Waals surface area (Å²) in [5, 5.41) is 11.1. The van der Waals surface area contributed by atoms with Crippen molar-refractivity contribution in [1.29, 1.82) is 0 Å². The number of benzene rings is 2. The van der Waals surface area contributed by atoms with Crippen LogP contribution in [0.2, 0.25) is 0 Å². The van der Waals surface area contributed by atoms with E-state index in [4.69, 9.17) is 4.42 Å². The van der Waals surface area contributed by atoms with Crippen molar-refractivity contribution in [3.05, 3.63) is 52.2 Å². The molecule has 18 heavy (non-hydrogen) atoms. The molecular formula is C14H9BrO3. The molecule has 1 N–H and O–H groups in total. The predicted molar refractivity (Wildman–Crippen MR) is 73.4 cm³/mol. The van der Waals surface area contributed by atoms with Crippen molar-refractivity contribution in [3.8, 4) is 17.1 Å². The van der Waals surface area contributed by atoms with E-state index in [2.05, 4.69) is 15.9 Å². The molecule has 4 heteroatoms. The summed E-state index contributed by atoms with van der Waals surface area (Å²) in [6.07, 6.45) is 0. The molecule has 0 bridgehead atoms. The van der Waals surface area contributed by atoms with E-state index >= 15 is 0 Å². The number of rotatable bonds is 1. The van der Waals surface area contributed by atoms with Crippen molar-refractivity contribution in [2.75, 3.05) is 0 Å². The Morgan fingerprint density at radius 2 is 2.00 bits per heavy atom. The molecule has 90 valence electrons. The Kier molecular flexibility index (Phi) is 2.59. The lowest BCUT2D eigenvalue weighted by Gasteiger charge is -2.12. The van der Waals surface area contributed by atoms with Gasteiger partial charge >= 0.3 is 0 Å². The van der Waals surface area contributed by atoms with Crippen LogP contribution in [-0.4, -0.2) is 5.11 Å². The summed E-state index contributed by atoms with van der Waals surface area (Å²) in [6, 6.07) is 9.75. The highest BCUT2D eigenvalue weighted by Crippen LogP contribution is 2.35. The first-order chi connectivity index (χ1) is 8.69. The highest BCUT2D eigenvalue weighted by Gasteiger charge is 2.14. The van der Waals surface area contributed by atoms with Crippen LogP contribution in [0.4, 0.5) is 0 Å². The first kappa shape index (κ1) is 11.3. The van der Waals surface area contributed by atoms with Crippen LogP contribution in [0.15, 0.2) is 45.6 Å². The zero-order chi connectivity index (χ0) is 12.7. The molecular weight excluding hydrogens is 296 g/mol. The lowest BCUT2D eigenvalue weighted by Crippen LogP contribution is -2.00. The van der Waals surface area contributed by atoms with E-state index in [1.807, 2.05) is 6.07 Å². The van der Waals surface area contributed by atoms with Crippen molar-refractivity contribution < 1.29 is 9.52 Å². The van der Waals surface area contributed by atoms with E-state index in [0.717, 1.165) is 16.5 Å². The highest BCUT2D eigenvalue weighted by atomic mass is 79.9. The molecule has 0 radical (unpaired) electrons. The molecule has 0 saturated carbocycles. The van der Waals surface area contributed by atoms with Gasteiger partial charge in [0.15, 0.2) is 5.43 Å². The lowest BCUT2D eigenvalue weighted by molar-refractivity contribution is 0.474. The smallest absolute Gasteiger partial charge is 0.182 e. The maximum Gasteiger partial charge on any atom is 0.182 e. The van der Waals surface area contributed by atoms with Crippen LogP contribution in [0.25, 0.3) is 22.3 Å². The molecule has 0 spiro atoms. The summed E-state index contributed by atoms with van der Waals surface area (Å²) in [7, 11) is 0. The molecule has 0 unspecified atom stereocenters. The van der Waals surface area contributed by atoms with E-state index < -0.39 is 0 Å². The molecule has 1 aromatic carbocycles. The number of hydrogen-bond acceptors (Lipinski definition) is 3. The maximum atomic E-state index is 11.4. The normalized spacial score (nSPS) is 11.2. The Hall–Kier alpha value is -1.81. The van der Waals surface area contributed by atoms with Gasteiger partial charge in [-0.25, -0.2) is 0 Å². The Labute approximate surface area is 111 Å². The van der Waals surface area contributed by atoms with Gasteiger partial charge in [0.1, 0.15) is 17.1 Å². The minimum Gasteiger partial charge on any atom is -0.508 e. The van der Waals surface area contributed by atoms with Crippen LogP contribution in [0.5, 0.6) is 5.75 Å². The molecule has 0 fully saturated rings. The molecule has 3 rings (SSSR count). The SMILES string of the molecule is O=c1ccc2c(CBr)c3ccc(O)cc3oc-2c1. The fraction of sp³-hybridized carbons (Fsp3) is 0.0714. The molecule has 1 heterocycles. The van der Waals surface area contributed by atoms with Crippen LogP contribution in [0.3, 0.4) is 0 Å². The lowest BCUT2D eigenvalue weighted by atomic mass is 10.0. The molecule has 3 nitrogen and oxygen atoms in total. The molecule has 0 amide bonds. The van der Waals surface area contributed by atoms with Gasteiger partial charge in [0.05, 0.1) is 0 Å². The van der Waals surface area contributed by atoms with Crippen LogP contribution < -0.4 is 5.43 Å². The first-order valence-corrected chi connectivity index (χ1v) is 6.55. The molecule has 0 aromatic heterocycles. The third-order valence-electron chi connectivity index (χ3n) is 2.92. The van der Waals surface area contributed by atoms with Crippen molar-refractivity contribution in [2.24, 2.45) is 0 Å². The van der Waals surface area contributed by atoms with Crippen LogP contribution >= 0.6 is 15.9 Å². The average molecular weight is 305 g/mol. The third kappa shape index (κ3) is 1.69. The summed E-state index contributed by atoms with van der Waals surface area (Å²) in [5.41, 5.74) is 2.43. The Morgan fingerprint density at radius 1 is 1.17 bits per heavy atom. The summed E-state index contributed by atoms with van der Waals surface area (Å²) in [4.78, 5) is 11.4. The van der Waals surface area contributed by atoms with E-state index in [1.54, 1.807) is 18.2 Å². The highest BCUT2D eigenvalue weighted by molar-refractivity contribution is 9.08. The Balaban J connectivity index is 2.52. The van der Waals surface area contributed by atoms with Crippen LogP contribution in [0.1, 0.15) is 5.56 Å². The number of phenolic OH excluding ortho intramolecular Hbond substituents is 1. The van der Waals surface area contributed by atoms with Crippen LogP contribution in [-0.2, 0) is 5.33 Å². The van der Waals surface area contributed by atoms with Crippen LogP contribution in [0, 0.1) is 0 Å². The molecule has 1 aliphatic carbocycles. The second kappa shape index (κ2) is 4.14.